The molecule has 1 aliphatic heterocycles. The fourth-order valence-corrected chi connectivity index (χ4v) is 2.00. The third kappa shape index (κ3) is 5.21. The van der Waals surface area contributed by atoms with Crippen molar-refractivity contribution in [3.8, 4) is 11.5 Å². The van der Waals surface area contributed by atoms with Crippen LogP contribution in [-0.4, -0.2) is 30.5 Å². The van der Waals surface area contributed by atoms with Gasteiger partial charge in [0.1, 0.15) is 0 Å². The van der Waals surface area contributed by atoms with Crippen molar-refractivity contribution in [3.05, 3.63) is 23.8 Å². The molecule has 0 N–H and O–H groups in total. The van der Waals surface area contributed by atoms with Crippen LogP contribution in [-0.2, 0) is 4.84 Å². The van der Waals surface area contributed by atoms with E-state index in [0.29, 0.717) is 0 Å². The van der Waals surface area contributed by atoms with Crippen LogP contribution < -0.4 is 9.47 Å². The molecule has 0 saturated heterocycles. The van der Waals surface area contributed by atoms with Crippen LogP contribution in [0.1, 0.15) is 46.6 Å². The molecule has 1 aliphatic rings. The summed E-state index contributed by atoms with van der Waals surface area (Å²) in [5, 5.41) is 1.93. The SMILES string of the molecule is CCC1(C)Oc2ccc(C)cc2O1.CCON(CC)CC. The highest BCUT2D eigenvalue weighted by Crippen LogP contribution is 2.40. The van der Waals surface area contributed by atoms with Crippen molar-refractivity contribution in [2.24, 2.45) is 0 Å². The lowest BCUT2D eigenvalue weighted by Crippen LogP contribution is -2.33. The normalized spacial score (nSPS) is 19.4. The molecule has 0 amide bonds. The molecule has 0 bridgehead atoms. The second-order valence-electron chi connectivity index (χ2n) is 5.17. The number of fused-ring (bicyclic) bond motifs is 1. The molecular weight excluding hydrogens is 266 g/mol. The van der Waals surface area contributed by atoms with Crippen molar-refractivity contribution in [2.45, 2.75) is 53.8 Å². The van der Waals surface area contributed by atoms with E-state index in [4.69, 9.17) is 14.3 Å². The Morgan fingerprint density at radius 2 is 1.67 bits per heavy atom. The Kier molecular flexibility index (Phi) is 6.99. The van der Waals surface area contributed by atoms with Gasteiger partial charge in [0.25, 0.3) is 0 Å². The summed E-state index contributed by atoms with van der Waals surface area (Å²) in [7, 11) is 0. The number of aryl methyl sites for hydroxylation is 1. The maximum absolute atomic E-state index is 5.70. The Morgan fingerprint density at radius 3 is 2.14 bits per heavy atom. The van der Waals surface area contributed by atoms with E-state index >= 15 is 0 Å². The monoisotopic (exact) mass is 295 g/mol. The zero-order valence-corrected chi connectivity index (χ0v) is 14.2. The van der Waals surface area contributed by atoms with E-state index in [2.05, 4.69) is 20.8 Å². The van der Waals surface area contributed by atoms with Gasteiger partial charge in [0.2, 0.25) is 5.79 Å². The summed E-state index contributed by atoms with van der Waals surface area (Å²) < 4.78 is 11.4. The molecule has 4 heteroatoms. The summed E-state index contributed by atoms with van der Waals surface area (Å²) in [5.41, 5.74) is 1.20. The summed E-state index contributed by atoms with van der Waals surface area (Å²) in [6, 6.07) is 6.01. The molecule has 0 radical (unpaired) electrons. The first-order valence-corrected chi connectivity index (χ1v) is 7.84. The average Bonchev–Trinajstić information content (AvgIpc) is 2.81. The Balaban J connectivity index is 0.000000240. The van der Waals surface area contributed by atoms with Crippen LogP contribution in [0.15, 0.2) is 18.2 Å². The van der Waals surface area contributed by atoms with Crippen molar-refractivity contribution < 1.29 is 14.3 Å². The van der Waals surface area contributed by atoms with E-state index in [1.54, 1.807) is 0 Å². The first kappa shape index (κ1) is 17.8. The summed E-state index contributed by atoms with van der Waals surface area (Å²) in [4.78, 5) is 5.17. The van der Waals surface area contributed by atoms with Crippen molar-refractivity contribution in [2.75, 3.05) is 19.7 Å². The van der Waals surface area contributed by atoms with Crippen LogP contribution in [0.2, 0.25) is 0 Å². The molecule has 4 nitrogen and oxygen atoms in total. The minimum absolute atomic E-state index is 0.462. The lowest BCUT2D eigenvalue weighted by atomic mass is 10.2. The third-order valence-electron chi connectivity index (χ3n) is 3.41. The Bertz CT molecular complexity index is 432. The summed E-state index contributed by atoms with van der Waals surface area (Å²) in [6.45, 7) is 15.0. The van der Waals surface area contributed by atoms with E-state index in [1.807, 2.05) is 44.0 Å². The minimum Gasteiger partial charge on any atom is -0.449 e. The standard InChI is InChI=1S/C11H14O2.C6H15NO/c1-4-11(3)12-9-6-5-8(2)7-10(9)13-11;1-4-7(5-2)8-6-3/h5-7H,4H2,1-3H3;4-6H2,1-3H3. The Hall–Kier alpha value is -1.26. The van der Waals surface area contributed by atoms with Crippen LogP contribution in [0.25, 0.3) is 0 Å². The van der Waals surface area contributed by atoms with Crippen LogP contribution in [0.4, 0.5) is 0 Å². The molecule has 0 aromatic heterocycles. The van der Waals surface area contributed by atoms with Crippen molar-refractivity contribution in [3.63, 3.8) is 0 Å². The van der Waals surface area contributed by atoms with E-state index in [9.17, 15) is 0 Å². The quantitative estimate of drug-likeness (QED) is 0.763. The van der Waals surface area contributed by atoms with Gasteiger partial charge in [-0.25, -0.2) is 0 Å². The first-order chi connectivity index (χ1) is 9.97. The number of hydrogen-bond donors (Lipinski definition) is 0. The molecular formula is C17H29NO3. The van der Waals surface area contributed by atoms with Gasteiger partial charge in [0.15, 0.2) is 11.5 Å². The molecule has 0 fully saturated rings. The molecule has 0 spiro atoms. The van der Waals surface area contributed by atoms with Crippen LogP contribution in [0.3, 0.4) is 0 Å². The lowest BCUT2D eigenvalue weighted by Gasteiger charge is -2.20. The number of nitrogens with zero attached hydrogens (tertiary/aromatic N) is 1. The van der Waals surface area contributed by atoms with Gasteiger partial charge in [-0.05, 0) is 31.5 Å². The number of ether oxygens (including phenoxy) is 2. The molecule has 1 aromatic rings. The van der Waals surface area contributed by atoms with Crippen LogP contribution in [0, 0.1) is 6.92 Å². The highest BCUT2D eigenvalue weighted by molar-refractivity contribution is 5.45. The van der Waals surface area contributed by atoms with Crippen LogP contribution >= 0.6 is 0 Å². The third-order valence-corrected chi connectivity index (χ3v) is 3.41. The van der Waals surface area contributed by atoms with Crippen molar-refractivity contribution >= 4 is 0 Å². The highest BCUT2D eigenvalue weighted by atomic mass is 16.7. The molecule has 21 heavy (non-hydrogen) atoms. The van der Waals surface area contributed by atoms with Gasteiger partial charge < -0.3 is 9.47 Å². The molecule has 2 rings (SSSR count). The fraction of sp³-hybridized carbons (Fsp3) is 0.647. The average molecular weight is 295 g/mol. The number of rotatable bonds is 5. The van der Waals surface area contributed by atoms with Crippen molar-refractivity contribution in [1.82, 2.24) is 5.06 Å². The van der Waals surface area contributed by atoms with E-state index in [-0.39, 0.29) is 0 Å². The maximum atomic E-state index is 5.70. The van der Waals surface area contributed by atoms with Gasteiger partial charge in [-0.1, -0.05) is 26.8 Å². The number of hydroxylamine groups is 2. The zero-order valence-electron chi connectivity index (χ0n) is 14.2. The predicted molar refractivity (Wildman–Crippen MR) is 85.7 cm³/mol. The molecule has 1 heterocycles. The Labute approximate surface area is 129 Å². The molecule has 120 valence electrons. The number of hydrogen-bond acceptors (Lipinski definition) is 4. The van der Waals surface area contributed by atoms with Gasteiger partial charge in [0, 0.05) is 26.4 Å². The summed E-state index contributed by atoms with van der Waals surface area (Å²) in [6.07, 6.45) is 0.848. The van der Waals surface area contributed by atoms with Crippen molar-refractivity contribution in [1.29, 1.82) is 0 Å². The minimum atomic E-state index is -0.462. The largest absolute Gasteiger partial charge is 0.449 e. The second-order valence-corrected chi connectivity index (χ2v) is 5.17. The van der Waals surface area contributed by atoms with Gasteiger partial charge in [0.05, 0.1) is 6.61 Å². The predicted octanol–water partition coefficient (Wildman–Crippen LogP) is 4.17. The van der Waals surface area contributed by atoms with Crippen LogP contribution in [0.5, 0.6) is 11.5 Å². The Morgan fingerprint density at radius 1 is 1.05 bits per heavy atom. The second kappa shape index (κ2) is 8.25. The molecule has 1 unspecified atom stereocenters. The smallest absolute Gasteiger partial charge is 0.248 e. The lowest BCUT2D eigenvalue weighted by molar-refractivity contribution is -0.147. The zero-order chi connectivity index (χ0) is 15.9. The van der Waals surface area contributed by atoms with Gasteiger partial charge in [-0.3, -0.25) is 4.84 Å². The molecule has 0 saturated carbocycles. The number of benzene rings is 1. The van der Waals surface area contributed by atoms with E-state index in [0.717, 1.165) is 37.6 Å². The van der Waals surface area contributed by atoms with E-state index < -0.39 is 5.79 Å². The first-order valence-electron chi connectivity index (χ1n) is 7.84. The summed E-state index contributed by atoms with van der Waals surface area (Å²) >= 11 is 0. The topological polar surface area (TPSA) is 30.9 Å². The van der Waals surface area contributed by atoms with Gasteiger partial charge in [-0.15, -0.1) is 0 Å². The fourth-order valence-electron chi connectivity index (χ4n) is 2.00. The van der Waals surface area contributed by atoms with E-state index in [1.165, 1.54) is 5.56 Å². The highest BCUT2D eigenvalue weighted by Gasteiger charge is 2.34. The molecule has 1 atom stereocenters. The summed E-state index contributed by atoms with van der Waals surface area (Å²) in [5.74, 6) is 1.26. The molecule has 1 aromatic carbocycles. The van der Waals surface area contributed by atoms with Gasteiger partial charge in [-0.2, -0.15) is 5.06 Å². The maximum Gasteiger partial charge on any atom is 0.248 e. The molecule has 0 aliphatic carbocycles. The van der Waals surface area contributed by atoms with Gasteiger partial charge >= 0.3 is 0 Å².